The molecular formula is C22H18N2O2. The van der Waals surface area contributed by atoms with Crippen LogP contribution in [0.25, 0.3) is 0 Å². The van der Waals surface area contributed by atoms with E-state index in [1.54, 1.807) is 13.2 Å². The normalized spacial score (nSPS) is 13.3. The molecule has 4 rings (SSSR count). The van der Waals surface area contributed by atoms with Gasteiger partial charge in [0.05, 0.1) is 29.9 Å². The second kappa shape index (κ2) is 6.84. The molecule has 0 unspecified atom stereocenters. The average Bonchev–Trinajstić information content (AvgIpc) is 2.88. The topological polar surface area (TPSA) is 54.2 Å². The maximum Gasteiger partial charge on any atom is 0.124 e. The monoisotopic (exact) mass is 342 g/mol. The molecule has 1 heterocycles. The van der Waals surface area contributed by atoms with Gasteiger partial charge in [0.2, 0.25) is 0 Å². The minimum atomic E-state index is 0.222. The summed E-state index contributed by atoms with van der Waals surface area (Å²) in [5.74, 6) is 1.03. The molecule has 4 heteroatoms. The largest absolute Gasteiger partial charge is 0.507 e. The van der Waals surface area contributed by atoms with Gasteiger partial charge in [0.25, 0.3) is 0 Å². The van der Waals surface area contributed by atoms with Crippen molar-refractivity contribution in [1.29, 1.82) is 0 Å². The Kier molecular flexibility index (Phi) is 4.23. The number of benzene rings is 3. The van der Waals surface area contributed by atoms with Crippen LogP contribution in [0.4, 0.5) is 11.4 Å². The van der Waals surface area contributed by atoms with E-state index in [-0.39, 0.29) is 5.75 Å². The van der Waals surface area contributed by atoms with E-state index in [1.165, 1.54) is 0 Å². The lowest BCUT2D eigenvalue weighted by molar-refractivity contribution is 0.415. The van der Waals surface area contributed by atoms with E-state index in [9.17, 15) is 5.11 Å². The van der Waals surface area contributed by atoms with Gasteiger partial charge in [0, 0.05) is 12.0 Å². The van der Waals surface area contributed by atoms with E-state index in [0.717, 1.165) is 39.7 Å². The molecule has 128 valence electrons. The highest BCUT2D eigenvalue weighted by atomic mass is 16.5. The summed E-state index contributed by atoms with van der Waals surface area (Å²) in [6.45, 7) is 0. The Morgan fingerprint density at radius 2 is 1.38 bits per heavy atom. The molecule has 0 spiro atoms. The summed E-state index contributed by atoms with van der Waals surface area (Å²) >= 11 is 0. The van der Waals surface area contributed by atoms with Crippen LogP contribution in [0, 0.1) is 0 Å². The molecule has 1 aliphatic heterocycles. The number of hydrogen-bond acceptors (Lipinski definition) is 4. The lowest BCUT2D eigenvalue weighted by Crippen LogP contribution is -2.10. The Hall–Kier alpha value is -3.40. The van der Waals surface area contributed by atoms with Gasteiger partial charge < -0.3 is 9.84 Å². The second-order valence-corrected chi connectivity index (χ2v) is 6.03. The first-order chi connectivity index (χ1) is 12.7. The van der Waals surface area contributed by atoms with Crippen molar-refractivity contribution in [3.63, 3.8) is 0 Å². The van der Waals surface area contributed by atoms with Crippen molar-refractivity contribution in [2.24, 2.45) is 9.98 Å². The number of ether oxygens (including phenoxy) is 1. The van der Waals surface area contributed by atoms with Crippen molar-refractivity contribution in [2.45, 2.75) is 6.42 Å². The Bertz CT molecular complexity index is 1000. The molecule has 1 N–H and O–H groups in total. The number of para-hydroxylation sites is 3. The second-order valence-electron chi connectivity index (χ2n) is 6.03. The predicted octanol–water partition coefficient (Wildman–Crippen LogP) is 5.05. The summed E-state index contributed by atoms with van der Waals surface area (Å²) < 4.78 is 5.25. The van der Waals surface area contributed by atoms with E-state index in [2.05, 4.69) is 0 Å². The molecule has 0 saturated carbocycles. The van der Waals surface area contributed by atoms with Crippen LogP contribution in [0.3, 0.4) is 0 Å². The fourth-order valence-electron chi connectivity index (χ4n) is 3.00. The number of aliphatic imine (C=N–C) groups is 2. The number of aromatic hydroxyl groups is 1. The van der Waals surface area contributed by atoms with Crippen LogP contribution in [0.1, 0.15) is 17.5 Å². The first kappa shape index (κ1) is 16.1. The average molecular weight is 342 g/mol. The minimum Gasteiger partial charge on any atom is -0.507 e. The number of phenols is 1. The highest BCUT2D eigenvalue weighted by Gasteiger charge is 2.18. The Morgan fingerprint density at radius 1 is 0.769 bits per heavy atom. The zero-order chi connectivity index (χ0) is 17.9. The molecule has 0 aromatic heterocycles. The summed E-state index contributed by atoms with van der Waals surface area (Å²) in [5.41, 5.74) is 5.05. The summed E-state index contributed by atoms with van der Waals surface area (Å²) in [5, 5.41) is 10.3. The third-order valence-corrected chi connectivity index (χ3v) is 4.37. The van der Waals surface area contributed by atoms with Gasteiger partial charge in [-0.3, -0.25) is 9.98 Å². The summed E-state index contributed by atoms with van der Waals surface area (Å²) in [6, 6.07) is 22.9. The number of phenolic OH excluding ortho intramolecular Hbond substituents is 1. The van der Waals surface area contributed by atoms with Crippen molar-refractivity contribution < 1.29 is 9.84 Å². The standard InChI is InChI=1S/C22H18N2O2/c1-26-16-12-10-15(11-13-16)20-14-21(17-6-2-5-9-22(17)25)24-19-8-4-3-7-18(19)23-20/h2-13,25H,14H2,1H3. The number of nitrogens with zero attached hydrogens (tertiary/aromatic N) is 2. The lowest BCUT2D eigenvalue weighted by Gasteiger charge is -2.10. The summed E-state index contributed by atoms with van der Waals surface area (Å²) in [4.78, 5) is 9.65. The maximum absolute atomic E-state index is 10.3. The van der Waals surface area contributed by atoms with Gasteiger partial charge in [-0.05, 0) is 54.1 Å². The number of fused-ring (bicyclic) bond motifs is 1. The molecule has 0 aliphatic carbocycles. The minimum absolute atomic E-state index is 0.222. The zero-order valence-corrected chi connectivity index (χ0v) is 14.4. The van der Waals surface area contributed by atoms with E-state index >= 15 is 0 Å². The van der Waals surface area contributed by atoms with Crippen LogP contribution >= 0.6 is 0 Å². The first-order valence-electron chi connectivity index (χ1n) is 8.41. The fraction of sp³-hybridized carbons (Fsp3) is 0.0909. The number of rotatable bonds is 3. The van der Waals surface area contributed by atoms with Gasteiger partial charge >= 0.3 is 0 Å². The van der Waals surface area contributed by atoms with E-state index in [0.29, 0.717) is 6.42 Å². The van der Waals surface area contributed by atoms with Gasteiger partial charge in [-0.25, -0.2) is 0 Å². The van der Waals surface area contributed by atoms with Gasteiger partial charge in [0.1, 0.15) is 11.5 Å². The Labute approximate surface area is 152 Å². The molecule has 0 amide bonds. The highest BCUT2D eigenvalue weighted by Crippen LogP contribution is 2.34. The number of methoxy groups -OCH3 is 1. The lowest BCUT2D eigenvalue weighted by atomic mass is 9.99. The van der Waals surface area contributed by atoms with Crippen LogP contribution in [-0.4, -0.2) is 23.6 Å². The first-order valence-corrected chi connectivity index (χ1v) is 8.41. The van der Waals surface area contributed by atoms with Gasteiger partial charge in [-0.15, -0.1) is 0 Å². The highest BCUT2D eigenvalue weighted by molar-refractivity contribution is 6.21. The van der Waals surface area contributed by atoms with E-state index in [4.69, 9.17) is 14.7 Å². The Morgan fingerprint density at radius 3 is 2.04 bits per heavy atom. The zero-order valence-electron chi connectivity index (χ0n) is 14.4. The van der Waals surface area contributed by atoms with Crippen LogP contribution < -0.4 is 4.74 Å². The third kappa shape index (κ3) is 3.09. The molecule has 0 fully saturated rings. The SMILES string of the molecule is COc1ccc(C2=Nc3ccccc3N=C(c3ccccc3O)C2)cc1. The van der Waals surface area contributed by atoms with E-state index < -0.39 is 0 Å². The van der Waals surface area contributed by atoms with Crippen molar-refractivity contribution >= 4 is 22.8 Å². The van der Waals surface area contributed by atoms with Crippen LogP contribution in [0.15, 0.2) is 82.8 Å². The third-order valence-electron chi connectivity index (χ3n) is 4.37. The van der Waals surface area contributed by atoms with Crippen molar-refractivity contribution in [3.8, 4) is 11.5 Å². The summed E-state index contributed by atoms with van der Waals surface area (Å²) in [7, 11) is 1.65. The molecule has 3 aromatic carbocycles. The van der Waals surface area contributed by atoms with Crippen molar-refractivity contribution in [1.82, 2.24) is 0 Å². The van der Waals surface area contributed by atoms with Crippen LogP contribution in [0.2, 0.25) is 0 Å². The molecule has 26 heavy (non-hydrogen) atoms. The molecule has 0 atom stereocenters. The fourth-order valence-corrected chi connectivity index (χ4v) is 3.00. The maximum atomic E-state index is 10.3. The van der Waals surface area contributed by atoms with Crippen molar-refractivity contribution in [2.75, 3.05) is 7.11 Å². The van der Waals surface area contributed by atoms with Gasteiger partial charge in [-0.1, -0.05) is 24.3 Å². The smallest absolute Gasteiger partial charge is 0.124 e. The molecule has 4 nitrogen and oxygen atoms in total. The number of hydrogen-bond donors (Lipinski definition) is 1. The Balaban J connectivity index is 1.84. The van der Waals surface area contributed by atoms with Gasteiger partial charge in [-0.2, -0.15) is 0 Å². The molecule has 0 radical (unpaired) electrons. The molecular weight excluding hydrogens is 324 g/mol. The molecule has 3 aromatic rings. The molecule has 1 aliphatic rings. The van der Waals surface area contributed by atoms with Crippen molar-refractivity contribution in [3.05, 3.63) is 83.9 Å². The van der Waals surface area contributed by atoms with E-state index in [1.807, 2.05) is 66.7 Å². The predicted molar refractivity (Wildman–Crippen MR) is 105 cm³/mol. The molecule has 0 saturated heterocycles. The summed E-state index contributed by atoms with van der Waals surface area (Å²) in [6.07, 6.45) is 0.526. The van der Waals surface area contributed by atoms with Crippen LogP contribution in [0.5, 0.6) is 11.5 Å². The molecule has 0 bridgehead atoms. The van der Waals surface area contributed by atoms with Crippen LogP contribution in [-0.2, 0) is 0 Å². The quantitative estimate of drug-likeness (QED) is 0.724. The van der Waals surface area contributed by atoms with Gasteiger partial charge in [0.15, 0.2) is 0 Å².